The zero-order chi connectivity index (χ0) is 23.9. The molecule has 3 heterocycles. The summed E-state index contributed by atoms with van der Waals surface area (Å²) in [5.74, 6) is -0.401. The molecule has 0 bridgehead atoms. The maximum absolute atomic E-state index is 13.1. The minimum atomic E-state index is -3.44. The molecule has 2 amide bonds. The van der Waals surface area contributed by atoms with Gasteiger partial charge in [0.1, 0.15) is 17.4 Å². The summed E-state index contributed by atoms with van der Waals surface area (Å²) in [6.07, 6.45) is 3.22. The number of aromatic nitrogens is 4. The van der Waals surface area contributed by atoms with Crippen LogP contribution in [0.5, 0.6) is 0 Å². The van der Waals surface area contributed by atoms with Crippen molar-refractivity contribution in [3.63, 3.8) is 0 Å². The summed E-state index contributed by atoms with van der Waals surface area (Å²) in [6.45, 7) is 5.66. The highest BCUT2D eigenvalue weighted by atomic mass is 79.9. The van der Waals surface area contributed by atoms with Gasteiger partial charge >= 0.3 is 0 Å². The van der Waals surface area contributed by atoms with Crippen molar-refractivity contribution < 1.29 is 18.0 Å². The lowest BCUT2D eigenvalue weighted by atomic mass is 10.1. The number of aromatic amines is 1. The second-order valence-corrected chi connectivity index (χ2v) is 11.6. The van der Waals surface area contributed by atoms with Crippen LogP contribution in [-0.4, -0.2) is 63.6 Å². The third-order valence-corrected chi connectivity index (χ3v) is 7.81. The fraction of sp³-hybridized carbons (Fsp3) is 0.429. The molecule has 0 aliphatic carbocycles. The predicted molar refractivity (Wildman–Crippen MR) is 127 cm³/mol. The average molecular weight is 537 g/mol. The van der Waals surface area contributed by atoms with Crippen LogP contribution in [0.2, 0.25) is 0 Å². The Hall–Kier alpha value is -2.73. The molecule has 3 unspecified atom stereocenters. The van der Waals surface area contributed by atoms with Gasteiger partial charge in [0.2, 0.25) is 5.91 Å². The van der Waals surface area contributed by atoms with Crippen LogP contribution in [-0.2, 0) is 14.6 Å². The summed E-state index contributed by atoms with van der Waals surface area (Å²) in [7, 11) is -3.44. The first kappa shape index (κ1) is 23.4. The molecule has 0 saturated carbocycles. The number of nitrogens with zero attached hydrogens (tertiary/aromatic N) is 3. The molecule has 2 aromatic heterocycles. The van der Waals surface area contributed by atoms with Crippen molar-refractivity contribution in [3.05, 3.63) is 46.5 Å². The van der Waals surface area contributed by atoms with Crippen molar-refractivity contribution in [2.75, 3.05) is 11.5 Å². The summed E-state index contributed by atoms with van der Waals surface area (Å²) in [6, 6.07) is 3.07. The number of carbonyl (C=O) groups is 2. The summed E-state index contributed by atoms with van der Waals surface area (Å²) in [4.78, 5) is 33.6. The van der Waals surface area contributed by atoms with E-state index in [4.69, 9.17) is 0 Å². The monoisotopic (exact) mass is 536 g/mol. The van der Waals surface area contributed by atoms with E-state index in [0.717, 1.165) is 15.8 Å². The Kier molecular flexibility index (Phi) is 6.32. The van der Waals surface area contributed by atoms with Gasteiger partial charge in [-0.05, 0) is 35.0 Å². The fourth-order valence-corrected chi connectivity index (χ4v) is 6.00. The third-order valence-electron chi connectivity index (χ3n) is 5.67. The van der Waals surface area contributed by atoms with Crippen LogP contribution in [0, 0.1) is 0 Å². The molecule has 3 N–H and O–H groups in total. The molecule has 0 radical (unpaired) electrons. The van der Waals surface area contributed by atoms with Crippen LogP contribution in [0.15, 0.2) is 35.1 Å². The van der Waals surface area contributed by atoms with E-state index in [2.05, 4.69) is 41.6 Å². The van der Waals surface area contributed by atoms with Gasteiger partial charge in [0, 0.05) is 12.1 Å². The van der Waals surface area contributed by atoms with Crippen molar-refractivity contribution in [1.82, 2.24) is 30.4 Å². The molecule has 10 nitrogen and oxygen atoms in total. The predicted octanol–water partition coefficient (Wildman–Crippen LogP) is 1.92. The van der Waals surface area contributed by atoms with Crippen LogP contribution in [0.25, 0.3) is 11.0 Å². The molecule has 3 aromatic rings. The van der Waals surface area contributed by atoms with Crippen LogP contribution in [0.1, 0.15) is 48.9 Å². The van der Waals surface area contributed by atoms with Crippen molar-refractivity contribution in [1.29, 1.82) is 0 Å². The summed E-state index contributed by atoms with van der Waals surface area (Å²) in [5, 5.41) is 9.68. The summed E-state index contributed by atoms with van der Waals surface area (Å²) < 4.78 is 26.9. The Morgan fingerprint density at radius 2 is 1.88 bits per heavy atom. The molecule has 176 valence electrons. The van der Waals surface area contributed by atoms with Crippen molar-refractivity contribution in [2.24, 2.45) is 0 Å². The van der Waals surface area contributed by atoms with E-state index in [1.54, 1.807) is 31.5 Å². The van der Waals surface area contributed by atoms with Gasteiger partial charge in [0.15, 0.2) is 9.84 Å². The maximum atomic E-state index is 13.1. The van der Waals surface area contributed by atoms with E-state index in [-0.39, 0.29) is 23.3 Å². The number of hydrogen-bond donors (Lipinski definition) is 3. The first-order valence-corrected chi connectivity index (χ1v) is 13.2. The molecular formula is C21H25BrN6O4S. The van der Waals surface area contributed by atoms with E-state index < -0.39 is 33.9 Å². The van der Waals surface area contributed by atoms with Crippen LogP contribution >= 0.6 is 15.9 Å². The highest BCUT2D eigenvalue weighted by molar-refractivity contribution is 9.10. The number of benzene rings is 1. The first-order valence-electron chi connectivity index (χ1n) is 10.5. The van der Waals surface area contributed by atoms with Crippen LogP contribution in [0.4, 0.5) is 0 Å². The van der Waals surface area contributed by atoms with Gasteiger partial charge in [-0.3, -0.25) is 14.3 Å². The number of amides is 2. The van der Waals surface area contributed by atoms with Crippen LogP contribution in [0.3, 0.4) is 0 Å². The van der Waals surface area contributed by atoms with E-state index in [9.17, 15) is 18.0 Å². The highest BCUT2D eigenvalue weighted by Gasteiger charge is 2.40. The Labute approximate surface area is 199 Å². The second kappa shape index (κ2) is 8.90. The molecule has 1 aliphatic rings. The lowest BCUT2D eigenvalue weighted by Crippen LogP contribution is -2.52. The minimum absolute atomic E-state index is 0.158. The average Bonchev–Trinajstić information content (AvgIpc) is 3.43. The number of halogens is 1. The third kappa shape index (κ3) is 4.96. The lowest BCUT2D eigenvalue weighted by Gasteiger charge is -2.22. The second-order valence-electron chi connectivity index (χ2n) is 8.56. The van der Waals surface area contributed by atoms with Gasteiger partial charge in [0.25, 0.3) is 5.91 Å². The zero-order valence-electron chi connectivity index (χ0n) is 18.4. The molecular weight excluding hydrogens is 512 g/mol. The highest BCUT2D eigenvalue weighted by Crippen LogP contribution is 2.22. The largest absolute Gasteiger partial charge is 0.348 e. The van der Waals surface area contributed by atoms with Gasteiger partial charge in [-0.1, -0.05) is 19.9 Å². The molecule has 1 fully saturated rings. The number of sulfone groups is 1. The molecule has 0 spiro atoms. The molecule has 12 heteroatoms. The lowest BCUT2D eigenvalue weighted by molar-refractivity contribution is -0.124. The number of fused-ring (bicyclic) bond motifs is 1. The van der Waals surface area contributed by atoms with E-state index in [1.165, 1.54) is 4.68 Å². The normalized spacial score (nSPS) is 20.8. The number of imidazole rings is 1. The van der Waals surface area contributed by atoms with Crippen LogP contribution < -0.4 is 10.6 Å². The number of carbonyl (C=O) groups excluding carboxylic acids is 2. The molecule has 33 heavy (non-hydrogen) atoms. The van der Waals surface area contributed by atoms with Gasteiger partial charge < -0.3 is 15.6 Å². The van der Waals surface area contributed by atoms with Gasteiger partial charge in [-0.25, -0.2) is 13.4 Å². The number of H-pyrrole nitrogens is 1. The van der Waals surface area contributed by atoms with Crippen molar-refractivity contribution in [2.45, 2.75) is 44.8 Å². The van der Waals surface area contributed by atoms with Gasteiger partial charge in [-0.2, -0.15) is 5.10 Å². The van der Waals surface area contributed by atoms with E-state index in [1.807, 2.05) is 19.9 Å². The maximum Gasteiger partial charge on any atom is 0.253 e. The molecule has 1 aromatic carbocycles. The molecule has 1 aliphatic heterocycles. The molecule has 3 atom stereocenters. The van der Waals surface area contributed by atoms with Crippen molar-refractivity contribution in [3.8, 4) is 0 Å². The molecule has 1 saturated heterocycles. The number of hydrogen-bond acceptors (Lipinski definition) is 6. The summed E-state index contributed by atoms with van der Waals surface area (Å²) in [5.41, 5.74) is 1.60. The Morgan fingerprint density at radius 3 is 2.52 bits per heavy atom. The number of nitrogens with one attached hydrogen (secondary N) is 3. The van der Waals surface area contributed by atoms with Gasteiger partial charge in [-0.15, -0.1) is 0 Å². The van der Waals surface area contributed by atoms with Gasteiger partial charge in [0.05, 0.1) is 45.3 Å². The summed E-state index contributed by atoms with van der Waals surface area (Å²) >= 11 is 3.29. The number of rotatable bonds is 6. The van der Waals surface area contributed by atoms with E-state index >= 15 is 0 Å². The number of para-hydroxylation sites is 1. The fourth-order valence-electron chi connectivity index (χ4n) is 3.84. The zero-order valence-corrected chi connectivity index (χ0v) is 20.8. The topological polar surface area (TPSA) is 139 Å². The Morgan fingerprint density at radius 1 is 1.18 bits per heavy atom. The molecule has 4 rings (SSSR count). The SMILES string of the molecule is CC(C)c1nc2c(C(=O)NC3CS(=O)(=O)CC3NC(=O)C(C)n3cc(Br)cn3)cccc2[nH]1. The standard InChI is InChI=1S/C21H25BrN6O4S/c1-11(2)19-24-15-6-4-5-14(18(15)27-19)21(30)26-17-10-33(31,32)9-16(17)25-20(29)12(3)28-8-13(22)7-23-28/h4-8,11-12,16-17H,9-10H2,1-3H3,(H,24,27)(H,25,29)(H,26,30). The Balaban J connectivity index is 1.53. The van der Waals surface area contributed by atoms with Crippen molar-refractivity contribution >= 4 is 48.6 Å². The minimum Gasteiger partial charge on any atom is -0.348 e. The first-order chi connectivity index (χ1) is 15.5. The quantitative estimate of drug-likeness (QED) is 0.439. The Bertz CT molecular complexity index is 1320. The smallest absolute Gasteiger partial charge is 0.253 e. The van der Waals surface area contributed by atoms with E-state index in [0.29, 0.717) is 11.1 Å².